The zero-order valence-corrected chi connectivity index (χ0v) is 12.1. The molecule has 1 rings (SSSR count). The number of halogens is 1. The van der Waals surface area contributed by atoms with Crippen LogP contribution in [0.5, 0.6) is 5.75 Å². The van der Waals surface area contributed by atoms with Crippen LogP contribution >= 0.6 is 15.9 Å². The number of rotatable bonds is 7. The maximum atomic E-state index is 11.3. The highest BCUT2D eigenvalue weighted by molar-refractivity contribution is 9.10. The predicted octanol–water partition coefficient (Wildman–Crippen LogP) is 3.01. The molecule has 0 aliphatic heterocycles. The minimum Gasteiger partial charge on any atom is -0.492 e. The van der Waals surface area contributed by atoms with Gasteiger partial charge in [0.1, 0.15) is 5.75 Å². The molecule has 1 aromatic carbocycles. The summed E-state index contributed by atoms with van der Waals surface area (Å²) in [6, 6.07) is 5.16. The number of nitrogens with two attached hydrogens (primary N) is 1. The molecule has 0 atom stereocenters. The number of benzene rings is 1. The number of hydrazine groups is 1. The number of amides is 1. The monoisotopic (exact) mass is 314 g/mol. The Morgan fingerprint density at radius 1 is 1.39 bits per heavy atom. The maximum absolute atomic E-state index is 11.3. The summed E-state index contributed by atoms with van der Waals surface area (Å²) in [6.45, 7) is 2.87. The second-order valence-corrected chi connectivity index (χ2v) is 4.88. The third-order valence-corrected chi connectivity index (χ3v) is 3.20. The van der Waals surface area contributed by atoms with Gasteiger partial charge >= 0.3 is 0 Å². The third-order valence-electron chi connectivity index (χ3n) is 2.58. The predicted molar refractivity (Wildman–Crippen MR) is 75.4 cm³/mol. The van der Waals surface area contributed by atoms with Crippen molar-refractivity contribution in [2.24, 2.45) is 5.84 Å². The van der Waals surface area contributed by atoms with Gasteiger partial charge in [0.2, 0.25) is 0 Å². The number of nitrogen functional groups attached to an aromatic ring is 1. The van der Waals surface area contributed by atoms with E-state index in [1.807, 2.05) is 0 Å². The third kappa shape index (κ3) is 4.66. The summed E-state index contributed by atoms with van der Waals surface area (Å²) in [4.78, 5) is 11.3. The van der Waals surface area contributed by atoms with Crippen LogP contribution in [0.25, 0.3) is 0 Å². The summed E-state index contributed by atoms with van der Waals surface area (Å²) in [5.74, 6) is 5.51. The van der Waals surface area contributed by atoms with Crippen LogP contribution in [0.2, 0.25) is 0 Å². The van der Waals surface area contributed by atoms with Crippen LogP contribution in [-0.4, -0.2) is 12.5 Å². The Balaban J connectivity index is 2.49. The molecule has 0 saturated carbocycles. The fourth-order valence-corrected chi connectivity index (χ4v) is 2.05. The number of hydrogen-bond donors (Lipinski definition) is 2. The fraction of sp³-hybridized carbons (Fsp3) is 0.462. The Morgan fingerprint density at radius 3 is 2.78 bits per heavy atom. The van der Waals surface area contributed by atoms with Crippen LogP contribution in [0.1, 0.15) is 43.0 Å². The van der Waals surface area contributed by atoms with E-state index in [1.165, 1.54) is 19.3 Å². The number of carbonyl (C=O) groups excluding carboxylic acids is 1. The summed E-state index contributed by atoms with van der Waals surface area (Å²) >= 11 is 3.38. The van der Waals surface area contributed by atoms with Crippen molar-refractivity contribution in [3.05, 3.63) is 28.2 Å². The molecule has 0 saturated heterocycles. The number of hydrogen-bond acceptors (Lipinski definition) is 3. The molecule has 4 nitrogen and oxygen atoms in total. The molecule has 0 aromatic heterocycles. The van der Waals surface area contributed by atoms with Gasteiger partial charge in [0.15, 0.2) is 0 Å². The Hall–Kier alpha value is -1.07. The first-order valence-electron chi connectivity index (χ1n) is 6.12. The summed E-state index contributed by atoms with van der Waals surface area (Å²) in [5, 5.41) is 0. The fourth-order valence-electron chi connectivity index (χ4n) is 1.55. The molecular weight excluding hydrogens is 296 g/mol. The van der Waals surface area contributed by atoms with Crippen molar-refractivity contribution in [1.82, 2.24) is 5.43 Å². The summed E-state index contributed by atoms with van der Waals surface area (Å²) in [6.07, 6.45) is 4.68. The van der Waals surface area contributed by atoms with E-state index in [2.05, 4.69) is 28.3 Å². The van der Waals surface area contributed by atoms with Crippen molar-refractivity contribution < 1.29 is 9.53 Å². The van der Waals surface area contributed by atoms with E-state index in [-0.39, 0.29) is 5.91 Å². The molecule has 0 spiro atoms. The smallest absolute Gasteiger partial charge is 0.265 e. The highest BCUT2D eigenvalue weighted by Gasteiger charge is 2.07. The molecular formula is C13H19BrN2O2. The van der Waals surface area contributed by atoms with Crippen LogP contribution in [0.15, 0.2) is 22.7 Å². The lowest BCUT2D eigenvalue weighted by atomic mass is 10.2. The van der Waals surface area contributed by atoms with Gasteiger partial charge in [0, 0.05) is 5.56 Å². The van der Waals surface area contributed by atoms with Crippen LogP contribution in [-0.2, 0) is 0 Å². The van der Waals surface area contributed by atoms with Crippen LogP contribution in [0, 0.1) is 0 Å². The van der Waals surface area contributed by atoms with Gasteiger partial charge in [-0.05, 0) is 40.5 Å². The van der Waals surface area contributed by atoms with Crippen molar-refractivity contribution in [2.75, 3.05) is 6.61 Å². The molecule has 0 radical (unpaired) electrons. The van der Waals surface area contributed by atoms with Gasteiger partial charge in [-0.1, -0.05) is 26.2 Å². The molecule has 0 heterocycles. The van der Waals surface area contributed by atoms with Gasteiger partial charge in [-0.15, -0.1) is 0 Å². The van der Waals surface area contributed by atoms with Gasteiger partial charge < -0.3 is 4.74 Å². The van der Waals surface area contributed by atoms with Crippen molar-refractivity contribution in [1.29, 1.82) is 0 Å². The van der Waals surface area contributed by atoms with E-state index in [4.69, 9.17) is 10.6 Å². The molecule has 0 fully saturated rings. The molecule has 5 heteroatoms. The van der Waals surface area contributed by atoms with E-state index in [1.54, 1.807) is 18.2 Å². The zero-order valence-electron chi connectivity index (χ0n) is 10.5. The van der Waals surface area contributed by atoms with Crippen molar-refractivity contribution >= 4 is 21.8 Å². The van der Waals surface area contributed by atoms with Crippen LogP contribution in [0.4, 0.5) is 0 Å². The number of carbonyl (C=O) groups is 1. The minimum absolute atomic E-state index is 0.315. The molecule has 100 valence electrons. The molecule has 0 bridgehead atoms. The molecule has 0 aliphatic rings. The van der Waals surface area contributed by atoms with Crippen molar-refractivity contribution in [2.45, 2.75) is 32.6 Å². The lowest BCUT2D eigenvalue weighted by Crippen LogP contribution is -2.29. The van der Waals surface area contributed by atoms with Gasteiger partial charge in [-0.25, -0.2) is 5.84 Å². The first kappa shape index (κ1) is 15.0. The summed E-state index contributed by atoms with van der Waals surface area (Å²) in [7, 11) is 0. The van der Waals surface area contributed by atoms with E-state index in [0.29, 0.717) is 12.2 Å². The topological polar surface area (TPSA) is 64.3 Å². The highest BCUT2D eigenvalue weighted by atomic mass is 79.9. The average molecular weight is 315 g/mol. The minimum atomic E-state index is -0.315. The molecule has 1 aromatic rings. The summed E-state index contributed by atoms with van der Waals surface area (Å²) in [5.41, 5.74) is 2.60. The normalized spacial score (nSPS) is 10.2. The Labute approximate surface area is 116 Å². The quantitative estimate of drug-likeness (QED) is 0.352. The SMILES string of the molecule is CCCCCCOc1ccc(C(=O)NN)cc1Br. The molecule has 3 N–H and O–H groups in total. The van der Waals surface area contributed by atoms with Gasteiger partial charge in [-0.3, -0.25) is 10.2 Å². The largest absolute Gasteiger partial charge is 0.492 e. The second kappa shape index (κ2) is 8.11. The van der Waals surface area contributed by atoms with E-state index >= 15 is 0 Å². The molecule has 0 aliphatic carbocycles. The average Bonchev–Trinajstić information content (AvgIpc) is 2.39. The zero-order chi connectivity index (χ0) is 13.4. The summed E-state index contributed by atoms with van der Waals surface area (Å²) < 4.78 is 6.40. The van der Waals surface area contributed by atoms with Gasteiger partial charge in [0.05, 0.1) is 11.1 Å². The number of nitrogens with one attached hydrogen (secondary N) is 1. The second-order valence-electron chi connectivity index (χ2n) is 4.03. The van der Waals surface area contributed by atoms with Gasteiger partial charge in [0.25, 0.3) is 5.91 Å². The Morgan fingerprint density at radius 2 is 2.17 bits per heavy atom. The first-order chi connectivity index (χ1) is 8.69. The number of ether oxygens (including phenoxy) is 1. The molecule has 18 heavy (non-hydrogen) atoms. The van der Waals surface area contributed by atoms with E-state index < -0.39 is 0 Å². The maximum Gasteiger partial charge on any atom is 0.265 e. The molecule has 1 amide bonds. The Kier molecular flexibility index (Phi) is 6.75. The van der Waals surface area contributed by atoms with E-state index in [0.717, 1.165) is 16.6 Å². The van der Waals surface area contributed by atoms with Crippen molar-refractivity contribution in [3.8, 4) is 5.75 Å². The standard InChI is InChI=1S/C13H19BrN2O2/c1-2-3-4-5-8-18-12-7-6-10(9-11(12)14)13(17)16-15/h6-7,9H,2-5,8,15H2,1H3,(H,16,17). The van der Waals surface area contributed by atoms with Crippen LogP contribution in [0.3, 0.4) is 0 Å². The lowest BCUT2D eigenvalue weighted by Gasteiger charge is -2.09. The van der Waals surface area contributed by atoms with E-state index in [9.17, 15) is 4.79 Å². The number of unbranched alkanes of at least 4 members (excludes halogenated alkanes) is 3. The lowest BCUT2D eigenvalue weighted by molar-refractivity contribution is 0.0953. The highest BCUT2D eigenvalue weighted by Crippen LogP contribution is 2.26. The first-order valence-corrected chi connectivity index (χ1v) is 6.91. The van der Waals surface area contributed by atoms with Gasteiger partial charge in [-0.2, -0.15) is 0 Å². The van der Waals surface area contributed by atoms with Crippen LogP contribution < -0.4 is 16.0 Å². The molecule has 0 unspecified atom stereocenters. The Bertz CT molecular complexity index is 397. The van der Waals surface area contributed by atoms with Crippen molar-refractivity contribution in [3.63, 3.8) is 0 Å².